The monoisotopic (exact) mass is 290 g/mol. The number of hydrogen-bond acceptors (Lipinski definition) is 3. The van der Waals surface area contributed by atoms with Crippen molar-refractivity contribution in [3.63, 3.8) is 0 Å². The molecule has 0 aromatic carbocycles. The smallest absolute Gasteiger partial charge is 0.401 e. The summed E-state index contributed by atoms with van der Waals surface area (Å²) in [6.07, 6.45) is -1.52. The summed E-state index contributed by atoms with van der Waals surface area (Å²) in [5, 5.41) is 0. The van der Waals surface area contributed by atoms with Crippen molar-refractivity contribution >= 4 is 11.8 Å². The molecule has 0 N–H and O–H groups in total. The number of ether oxygens (including phenoxy) is 1. The zero-order chi connectivity index (χ0) is 14.7. The third-order valence-electron chi connectivity index (χ3n) is 5.10. The maximum atomic E-state index is 12.6. The lowest BCUT2D eigenvalue weighted by Crippen LogP contribution is -2.57. The number of carbonyl (C=O) groups excluding carboxylic acids is 2. The van der Waals surface area contributed by atoms with Gasteiger partial charge in [-0.3, -0.25) is 9.59 Å². The summed E-state index contributed by atoms with van der Waals surface area (Å²) in [6.45, 7) is 0.827. The van der Waals surface area contributed by atoms with E-state index in [1.54, 1.807) is 0 Å². The molecule has 3 atom stereocenters. The van der Waals surface area contributed by atoms with E-state index in [0.29, 0.717) is 25.2 Å². The Morgan fingerprint density at radius 1 is 1.25 bits per heavy atom. The minimum atomic E-state index is -4.57. The Morgan fingerprint density at radius 3 is 2.30 bits per heavy atom. The zero-order valence-electron chi connectivity index (χ0n) is 11.2. The van der Waals surface area contributed by atoms with Crippen LogP contribution in [-0.2, 0) is 14.3 Å². The van der Waals surface area contributed by atoms with Crippen LogP contribution in [0.1, 0.15) is 39.0 Å². The van der Waals surface area contributed by atoms with Gasteiger partial charge in [0, 0.05) is 11.8 Å². The van der Waals surface area contributed by atoms with Crippen LogP contribution in [0.2, 0.25) is 0 Å². The van der Waals surface area contributed by atoms with Crippen molar-refractivity contribution in [3.05, 3.63) is 0 Å². The quantitative estimate of drug-likeness (QED) is 0.734. The normalized spacial score (nSPS) is 40.8. The Morgan fingerprint density at radius 2 is 1.80 bits per heavy atom. The Kier molecular flexibility index (Phi) is 2.93. The van der Waals surface area contributed by atoms with Gasteiger partial charge in [0.25, 0.3) is 0 Å². The molecule has 0 amide bonds. The highest BCUT2D eigenvalue weighted by atomic mass is 19.4. The van der Waals surface area contributed by atoms with Gasteiger partial charge in [0.1, 0.15) is 17.3 Å². The molecule has 4 fully saturated rings. The van der Waals surface area contributed by atoms with Gasteiger partial charge in [-0.05, 0) is 44.9 Å². The second-order valence-corrected chi connectivity index (χ2v) is 6.61. The van der Waals surface area contributed by atoms with Crippen LogP contribution in [0.15, 0.2) is 0 Å². The third kappa shape index (κ3) is 2.13. The molecule has 4 rings (SSSR count). The Bertz CT molecular complexity index is 439. The first-order valence-electron chi connectivity index (χ1n) is 7.03. The number of carbonyl (C=O) groups is 2. The molecule has 6 heteroatoms. The molecule has 4 bridgehead atoms. The zero-order valence-corrected chi connectivity index (χ0v) is 11.2. The van der Waals surface area contributed by atoms with Crippen molar-refractivity contribution in [2.75, 3.05) is 0 Å². The minimum Gasteiger partial charge on any atom is -0.459 e. The van der Waals surface area contributed by atoms with Crippen LogP contribution in [0.25, 0.3) is 0 Å². The van der Waals surface area contributed by atoms with Crippen LogP contribution in [0.4, 0.5) is 13.2 Å². The first kappa shape index (κ1) is 13.9. The Hall–Kier alpha value is -1.07. The topological polar surface area (TPSA) is 43.4 Å². The van der Waals surface area contributed by atoms with Crippen LogP contribution in [0, 0.1) is 23.7 Å². The van der Waals surface area contributed by atoms with Crippen molar-refractivity contribution in [1.82, 2.24) is 0 Å². The molecule has 3 unspecified atom stereocenters. The van der Waals surface area contributed by atoms with Crippen molar-refractivity contribution in [3.8, 4) is 0 Å². The van der Waals surface area contributed by atoms with Gasteiger partial charge in [-0.1, -0.05) is 0 Å². The molecule has 4 saturated carbocycles. The van der Waals surface area contributed by atoms with Gasteiger partial charge in [-0.15, -0.1) is 0 Å². The lowest BCUT2D eigenvalue weighted by molar-refractivity contribution is -0.217. The predicted octanol–water partition coefficient (Wildman–Crippen LogP) is 2.88. The van der Waals surface area contributed by atoms with E-state index in [0.717, 1.165) is 19.8 Å². The van der Waals surface area contributed by atoms with Gasteiger partial charge in [-0.2, -0.15) is 13.2 Å². The van der Waals surface area contributed by atoms with E-state index in [1.165, 1.54) is 0 Å². The highest BCUT2D eigenvalue weighted by Gasteiger charge is 2.58. The number of alkyl halides is 3. The van der Waals surface area contributed by atoms with E-state index in [1.807, 2.05) is 0 Å². The molecule has 0 spiro atoms. The molecule has 0 saturated heterocycles. The third-order valence-corrected chi connectivity index (χ3v) is 5.10. The average molecular weight is 290 g/mol. The number of esters is 1. The van der Waals surface area contributed by atoms with Gasteiger partial charge < -0.3 is 4.74 Å². The van der Waals surface area contributed by atoms with Crippen molar-refractivity contribution < 1.29 is 27.5 Å². The van der Waals surface area contributed by atoms with Crippen LogP contribution >= 0.6 is 0 Å². The molecular weight excluding hydrogens is 273 g/mol. The largest absolute Gasteiger partial charge is 0.459 e. The first-order valence-corrected chi connectivity index (χ1v) is 7.03. The molecule has 3 nitrogen and oxygen atoms in total. The fourth-order valence-corrected chi connectivity index (χ4v) is 4.24. The predicted molar refractivity (Wildman–Crippen MR) is 62.6 cm³/mol. The van der Waals surface area contributed by atoms with Gasteiger partial charge >= 0.3 is 12.1 Å². The summed E-state index contributed by atoms with van der Waals surface area (Å²) in [5.74, 6) is -3.00. The minimum absolute atomic E-state index is 0.116. The van der Waals surface area contributed by atoms with Crippen LogP contribution < -0.4 is 0 Å². The summed E-state index contributed by atoms with van der Waals surface area (Å²) in [7, 11) is 0. The van der Waals surface area contributed by atoms with Gasteiger partial charge in [0.05, 0.1) is 0 Å². The van der Waals surface area contributed by atoms with Crippen LogP contribution in [-0.4, -0.2) is 23.5 Å². The highest BCUT2D eigenvalue weighted by molar-refractivity contribution is 5.86. The summed E-state index contributed by atoms with van der Waals surface area (Å²) >= 11 is 0. The SMILES string of the molecule is CC(C(=O)OC12CC3CC(C1)C(=O)C(C3)C2)C(F)(F)F. The highest BCUT2D eigenvalue weighted by Crippen LogP contribution is 2.55. The molecule has 4 aliphatic rings. The van der Waals surface area contributed by atoms with Crippen molar-refractivity contribution in [2.24, 2.45) is 23.7 Å². The van der Waals surface area contributed by atoms with Crippen molar-refractivity contribution in [1.29, 1.82) is 0 Å². The van der Waals surface area contributed by atoms with Gasteiger partial charge in [0.15, 0.2) is 0 Å². The standard InChI is InChI=1S/C14H17F3O3/c1-7(14(15,16)17)12(19)20-13-4-8-2-9(5-13)11(18)10(3-8)6-13/h7-10H,2-6H2,1H3. The second kappa shape index (κ2) is 4.21. The van der Waals surface area contributed by atoms with Crippen LogP contribution in [0.5, 0.6) is 0 Å². The fourth-order valence-electron chi connectivity index (χ4n) is 4.24. The van der Waals surface area contributed by atoms with E-state index >= 15 is 0 Å². The van der Waals surface area contributed by atoms with E-state index in [2.05, 4.69) is 0 Å². The first-order chi connectivity index (χ1) is 9.20. The molecule has 0 aliphatic heterocycles. The molecule has 0 heterocycles. The molecule has 4 aliphatic carbocycles. The number of Topliss-reactive ketones (excluding diaryl/α,β-unsaturated/α-hetero) is 1. The lowest BCUT2D eigenvalue weighted by atomic mass is 9.53. The summed E-state index contributed by atoms with van der Waals surface area (Å²) in [4.78, 5) is 23.7. The number of rotatable bonds is 2. The Balaban J connectivity index is 1.75. The molecular formula is C14H17F3O3. The average Bonchev–Trinajstić information content (AvgIpc) is 2.32. The second-order valence-electron chi connectivity index (χ2n) is 6.61. The maximum Gasteiger partial charge on any atom is 0.401 e. The summed E-state index contributed by atoms with van der Waals surface area (Å²) in [6, 6.07) is 0. The van der Waals surface area contributed by atoms with Gasteiger partial charge in [-0.25, -0.2) is 0 Å². The van der Waals surface area contributed by atoms with E-state index < -0.39 is 23.7 Å². The number of hydrogen-bond donors (Lipinski definition) is 0. The van der Waals surface area contributed by atoms with Crippen molar-refractivity contribution in [2.45, 2.75) is 50.8 Å². The van der Waals surface area contributed by atoms with E-state index in [-0.39, 0.29) is 17.6 Å². The van der Waals surface area contributed by atoms with Crippen LogP contribution in [0.3, 0.4) is 0 Å². The summed E-state index contributed by atoms with van der Waals surface area (Å²) < 4.78 is 43.0. The molecule has 0 aromatic heterocycles. The van der Waals surface area contributed by atoms with E-state index in [4.69, 9.17) is 4.74 Å². The Labute approximate surface area is 114 Å². The number of ketones is 1. The van der Waals surface area contributed by atoms with Gasteiger partial charge in [0.2, 0.25) is 0 Å². The maximum absolute atomic E-state index is 12.6. The number of halogens is 3. The summed E-state index contributed by atoms with van der Waals surface area (Å²) in [5.41, 5.74) is -0.818. The molecule has 112 valence electrons. The molecule has 0 radical (unpaired) electrons. The molecule has 20 heavy (non-hydrogen) atoms. The van der Waals surface area contributed by atoms with E-state index in [9.17, 15) is 22.8 Å². The fraction of sp³-hybridized carbons (Fsp3) is 0.857. The molecule has 0 aromatic rings. The lowest BCUT2D eigenvalue weighted by Gasteiger charge is -2.54.